The van der Waals surface area contributed by atoms with E-state index >= 15 is 0 Å². The van der Waals surface area contributed by atoms with Gasteiger partial charge in [-0.15, -0.1) is 11.3 Å². The van der Waals surface area contributed by atoms with Crippen molar-refractivity contribution in [3.63, 3.8) is 0 Å². The summed E-state index contributed by atoms with van der Waals surface area (Å²) in [6.45, 7) is 7.38. The van der Waals surface area contributed by atoms with Crippen LogP contribution in [-0.4, -0.2) is 192 Å². The number of carbonyl (C=O) groups excluding carboxylic acids is 8. The second-order valence-electron chi connectivity index (χ2n) is 23.7. The lowest BCUT2D eigenvalue weighted by molar-refractivity contribution is -0.114. The molecule has 124 heavy (non-hydrogen) atoms. The molecule has 0 aliphatic rings. The van der Waals surface area contributed by atoms with Gasteiger partial charge in [-0.1, -0.05) is 171 Å². The molecule has 0 fully saturated rings. The molecule has 0 radical (unpaired) electrons. The van der Waals surface area contributed by atoms with Crippen molar-refractivity contribution < 1.29 is 43.1 Å². The molecule has 640 valence electrons. The van der Waals surface area contributed by atoms with Gasteiger partial charge in [-0.25, -0.2) is 4.79 Å². The molecule has 9 aromatic rings. The molecule has 8 aromatic carbocycles. The molecule has 5 N–H and O–H groups in total. The number of rotatable bonds is 31. The number of amides is 5. The first-order chi connectivity index (χ1) is 59.9. The largest absolute Gasteiger partial charge is 0.465 e. The Kier molecular flexibility index (Phi) is 61.8. The van der Waals surface area contributed by atoms with Crippen LogP contribution >= 0.6 is 121 Å². The number of hydrogen-bond donors (Lipinski definition) is 4. The summed E-state index contributed by atoms with van der Waals surface area (Å²) < 4.78 is 4.59. The van der Waals surface area contributed by atoms with E-state index in [1.807, 2.05) is 66.9 Å². The van der Waals surface area contributed by atoms with Crippen LogP contribution in [0.4, 0.5) is 34.1 Å². The maximum Gasteiger partial charge on any atom is 0.337 e. The lowest BCUT2D eigenvalue weighted by Crippen LogP contribution is -2.21. The summed E-state index contributed by atoms with van der Waals surface area (Å²) in [7, 11) is 8.02. The predicted octanol–water partition coefficient (Wildman–Crippen LogP) is 19.1. The Labute approximate surface area is 775 Å². The van der Waals surface area contributed by atoms with Crippen molar-refractivity contribution in [1.29, 1.82) is 0 Å². The van der Waals surface area contributed by atoms with Gasteiger partial charge in [-0.3, -0.25) is 78.5 Å². The van der Waals surface area contributed by atoms with Crippen LogP contribution in [0.2, 0.25) is 0 Å². The Morgan fingerprint density at radius 3 is 0.968 bits per heavy atom. The zero-order chi connectivity index (χ0) is 91.9. The number of Topliss-reactive ketones (excluding diaryl/α,β-unsaturated/α-hetero) is 2. The van der Waals surface area contributed by atoms with Crippen LogP contribution in [0, 0.1) is 0 Å². The van der Waals surface area contributed by atoms with Crippen LogP contribution in [0.3, 0.4) is 0 Å². The Morgan fingerprint density at radius 2 is 0.685 bits per heavy atom. The fourth-order valence-corrected chi connectivity index (χ4v) is 9.95. The lowest BCUT2D eigenvalue weighted by Gasteiger charge is -2.09. The highest BCUT2D eigenvalue weighted by Crippen LogP contribution is 2.19. The standard InChI is InChI=1S/2C11H12N2OS.C11H11NO2S.2C11H11NOS.2C10H10N2OS.C9H8N2OS.C7H7NS2/c1-13(2)11(14)9-3-5-10(6-4-9)12-7-8-15;1-12-11(14)10-4-2-9(3-5-10)8-13-6-7-15;1-14-11(13)10-4-2-9(3-5-10)8-12-6-7-15;1-9(13)11-4-2-10(3-5-11)8-12-6-7-14;1-2-11(13)9-3-5-10(6-4-9)12-7-8-14;1-11-10(13)8-2-4-9(5-3-8)12-6-7-14;1-8(13)12-10-4-2-9(3-5-10)11-6-7-14;10-9(12)7-1-3-8(4-2-7)11-5-6-13;9-4-3-8-6-7-2-1-5-10-7/h3-8H,1-2H3;2-7H,8H2,1H3,(H,12,14);2-7H,8H2,1H3;2-7H,8H2,1H3;3-8H,2H2,1H3;2-7H,1H3,(H,11,13);2-7H,1H3,(H,12,13);1-6H,(H2,10,12);1-5H,6H2. The number of methoxy groups -OCH3 is 1. The molecule has 0 saturated heterocycles. The van der Waals surface area contributed by atoms with Crippen LogP contribution in [-0.2, 0) is 35.7 Å². The van der Waals surface area contributed by atoms with Crippen LogP contribution in [0.15, 0.2) is 257 Å². The summed E-state index contributed by atoms with van der Waals surface area (Å²) in [6, 6.07) is 61.0. The van der Waals surface area contributed by atoms with Gasteiger partial charge in [0.1, 0.15) is 0 Å². The SMILES string of the molecule is CC(=O)Nc1ccc(N=CC=S)cc1.CC(=O)c1ccc(CN=CC=S)cc1.CCC(=O)c1ccc(N=CC=S)cc1.CN(C)C(=O)c1ccc(N=CC=S)cc1.CNC(=O)c1ccc(CN=CC=S)cc1.CNC(=O)c1ccc(N=CC=S)cc1.COC(=O)c1ccc(CN=CC=S)cc1.NC(=O)c1ccc(N=CC=S)cc1.S=CC=NCc1cccs1. The Bertz CT molecular complexity index is 4990. The summed E-state index contributed by atoms with van der Waals surface area (Å²) in [5.41, 5.74) is 17.3. The van der Waals surface area contributed by atoms with Crippen molar-refractivity contribution in [3.8, 4) is 0 Å². The first-order valence-electron chi connectivity index (χ1n) is 36.7. The molecule has 0 spiro atoms. The number of anilines is 1. The third kappa shape index (κ3) is 51.3. The molecule has 0 aliphatic carbocycles. The smallest absolute Gasteiger partial charge is 0.337 e. The van der Waals surface area contributed by atoms with Gasteiger partial charge in [-0.2, -0.15) is 0 Å². The van der Waals surface area contributed by atoms with Crippen LogP contribution in [0.25, 0.3) is 0 Å². The van der Waals surface area contributed by atoms with Gasteiger partial charge < -0.3 is 31.3 Å². The van der Waals surface area contributed by atoms with Gasteiger partial charge in [0.05, 0.1) is 67.3 Å². The highest BCUT2D eigenvalue weighted by atomic mass is 32.1. The number of nitrogens with one attached hydrogen (secondary N) is 3. The highest BCUT2D eigenvalue weighted by molar-refractivity contribution is 7.81. The Hall–Kier alpha value is -12.5. The average Bonchev–Trinajstić information content (AvgIpc) is 1.22. The topological polar surface area (TPSA) is 322 Å². The number of ether oxygens (including phenoxy) is 1. The van der Waals surface area contributed by atoms with E-state index in [1.165, 1.54) is 90.8 Å². The number of carbonyl (C=O) groups is 8. The third-order valence-corrected chi connectivity index (χ3v) is 16.6. The molecule has 33 heteroatoms. The maximum absolute atomic E-state index is 11.5. The number of hydrogen-bond acceptors (Lipinski definition) is 28. The van der Waals surface area contributed by atoms with E-state index in [2.05, 4.69) is 182 Å². The van der Waals surface area contributed by atoms with Gasteiger partial charge in [0.25, 0.3) is 17.7 Å². The molecule has 0 aliphatic heterocycles. The molecule has 0 atom stereocenters. The average molecular weight is 1850 g/mol. The van der Waals surface area contributed by atoms with Crippen molar-refractivity contribution in [3.05, 3.63) is 272 Å². The Balaban J connectivity index is 0.000000699. The molecule has 5 amide bonds. The van der Waals surface area contributed by atoms with Crippen molar-refractivity contribution in [2.75, 3.05) is 40.6 Å². The van der Waals surface area contributed by atoms with Crippen molar-refractivity contribution in [2.24, 2.45) is 50.7 Å². The number of nitrogens with two attached hydrogens (primary N) is 1. The fourth-order valence-electron chi connectivity index (χ4n) is 8.66. The van der Waals surface area contributed by atoms with Gasteiger partial charge in [0.15, 0.2) is 11.6 Å². The molecule has 0 unspecified atom stereocenters. The van der Waals surface area contributed by atoms with Crippen molar-refractivity contribution in [2.45, 2.75) is 53.4 Å². The van der Waals surface area contributed by atoms with E-state index in [9.17, 15) is 38.4 Å². The number of aliphatic imine (C=N–C) groups is 9. The number of benzene rings is 8. The number of esters is 1. The van der Waals surface area contributed by atoms with E-state index in [-0.39, 0.29) is 41.2 Å². The lowest BCUT2D eigenvalue weighted by atomic mass is 10.1. The minimum atomic E-state index is -0.439. The van der Waals surface area contributed by atoms with E-state index in [1.54, 1.807) is 229 Å². The Morgan fingerprint density at radius 1 is 0.387 bits per heavy atom. The predicted molar refractivity (Wildman–Crippen MR) is 552 cm³/mol. The minimum absolute atomic E-state index is 0.0136. The molecular formula is C91H92N14O9S10. The van der Waals surface area contributed by atoms with Gasteiger partial charge in [-0.05, 0) is 181 Å². The molecule has 9 rings (SSSR count). The van der Waals surface area contributed by atoms with Crippen molar-refractivity contribution in [1.82, 2.24) is 15.5 Å². The van der Waals surface area contributed by atoms with Crippen LogP contribution < -0.4 is 21.7 Å². The maximum atomic E-state index is 11.5. The van der Waals surface area contributed by atoms with Gasteiger partial charge in [0, 0.05) is 190 Å². The molecule has 1 aromatic heterocycles. The summed E-state index contributed by atoms with van der Waals surface area (Å²) in [5, 5.41) is 22.9. The molecule has 23 nitrogen and oxygen atoms in total. The van der Waals surface area contributed by atoms with Gasteiger partial charge in [0.2, 0.25) is 11.8 Å². The number of nitrogens with zero attached hydrogens (tertiary/aromatic N) is 10. The van der Waals surface area contributed by atoms with E-state index < -0.39 is 5.91 Å². The number of thiophene rings is 1. The monoisotopic (exact) mass is 1840 g/mol. The summed E-state index contributed by atoms with van der Waals surface area (Å²) in [6.07, 6.45) is 14.6. The minimum Gasteiger partial charge on any atom is -0.465 e. The molecule has 0 bridgehead atoms. The van der Waals surface area contributed by atoms with Crippen LogP contribution in [0.5, 0.6) is 0 Å². The summed E-state index contributed by atoms with van der Waals surface area (Å²) in [4.78, 5) is 128. The highest BCUT2D eigenvalue weighted by Gasteiger charge is 2.09. The quantitative estimate of drug-likeness (QED) is 0.0136. The van der Waals surface area contributed by atoms with Crippen molar-refractivity contribution >= 4 is 307 Å². The number of thiocarbonyl (C=S) groups is 9. The third-order valence-electron chi connectivity index (χ3n) is 14.6. The van der Waals surface area contributed by atoms with E-state index in [0.29, 0.717) is 53.9 Å². The van der Waals surface area contributed by atoms with Crippen LogP contribution in [0.1, 0.15) is 121 Å². The normalized spacial score (nSPS) is 10.2. The van der Waals surface area contributed by atoms with E-state index in [0.717, 1.165) is 68.5 Å². The number of ketones is 2. The summed E-state index contributed by atoms with van der Waals surface area (Å²) in [5.74, 6) is -0.816. The molecule has 0 saturated carbocycles. The number of primary amides is 1. The van der Waals surface area contributed by atoms with Gasteiger partial charge >= 0.3 is 5.97 Å². The fraction of sp³-hybridized carbons (Fsp3) is 0.143. The van der Waals surface area contributed by atoms with E-state index in [4.69, 9.17) is 5.73 Å². The second kappa shape index (κ2) is 70.0. The zero-order valence-electron chi connectivity index (χ0n) is 68.9. The first-order valence-corrected chi connectivity index (χ1v) is 41.8. The molecule has 1 heterocycles. The zero-order valence-corrected chi connectivity index (χ0v) is 77.1. The molecular weight excluding hydrogens is 1750 g/mol. The summed E-state index contributed by atoms with van der Waals surface area (Å²) >= 11 is 43.1. The second-order valence-corrected chi connectivity index (χ2v) is 27.2. The first kappa shape index (κ1) is 109.